The van der Waals surface area contributed by atoms with Crippen LogP contribution in [-0.2, 0) is 24.3 Å². The van der Waals surface area contributed by atoms with Crippen molar-refractivity contribution in [3.63, 3.8) is 0 Å². The van der Waals surface area contributed by atoms with Crippen LogP contribution in [-0.4, -0.2) is 57.5 Å². The summed E-state index contributed by atoms with van der Waals surface area (Å²) in [5.41, 5.74) is 10.2. The Bertz CT molecular complexity index is 1880. The summed E-state index contributed by atoms with van der Waals surface area (Å²) >= 11 is 8.49. The van der Waals surface area contributed by atoms with E-state index >= 15 is 0 Å². The fourth-order valence-electron chi connectivity index (χ4n) is 6.45. The van der Waals surface area contributed by atoms with Gasteiger partial charge >= 0.3 is 5.97 Å². The minimum Gasteiger partial charge on any atom is -0.481 e. The summed E-state index contributed by atoms with van der Waals surface area (Å²) in [5, 5.41) is 11.0. The SMILES string of the molecule is Cc1c(-c2nc3cc(CN4CC[C@@H](C(=O)O)C4)cc(Cl)c3o2)cccc1-c1cccc(-c2nc3c(s2)CN(C)CC3)c1C. The normalized spacial score (nSPS) is 17.5. The molecule has 2 aliphatic rings. The Morgan fingerprint density at radius 3 is 2.51 bits per heavy atom. The number of aliphatic carboxylic acids is 1. The molecule has 2 aliphatic heterocycles. The second-order valence-corrected chi connectivity index (χ2v) is 13.3. The number of hydrogen-bond donors (Lipinski definition) is 1. The first-order valence-corrected chi connectivity index (χ1v) is 15.9. The number of thiazole rings is 1. The number of oxazole rings is 1. The number of rotatable bonds is 6. The molecular weight excluding hydrogens is 580 g/mol. The first-order valence-electron chi connectivity index (χ1n) is 14.7. The van der Waals surface area contributed by atoms with E-state index in [0.29, 0.717) is 41.5 Å². The first kappa shape index (κ1) is 28.2. The lowest BCUT2D eigenvalue weighted by molar-refractivity contribution is -0.141. The number of fused-ring (bicyclic) bond motifs is 2. The first-order chi connectivity index (χ1) is 20.7. The van der Waals surface area contributed by atoms with Crippen LogP contribution >= 0.6 is 22.9 Å². The smallest absolute Gasteiger partial charge is 0.307 e. The highest BCUT2D eigenvalue weighted by atomic mass is 35.5. The van der Waals surface area contributed by atoms with E-state index in [4.69, 9.17) is 26.0 Å². The van der Waals surface area contributed by atoms with Crippen LogP contribution in [0.2, 0.25) is 5.02 Å². The van der Waals surface area contributed by atoms with Crippen molar-refractivity contribution in [2.45, 2.75) is 39.8 Å². The molecule has 1 saturated heterocycles. The highest BCUT2D eigenvalue weighted by molar-refractivity contribution is 7.15. The van der Waals surface area contributed by atoms with Crippen LogP contribution < -0.4 is 0 Å². The summed E-state index contributed by atoms with van der Waals surface area (Å²) in [5.74, 6) is -0.510. The Labute approximate surface area is 259 Å². The van der Waals surface area contributed by atoms with E-state index in [-0.39, 0.29) is 5.92 Å². The van der Waals surface area contributed by atoms with Crippen molar-refractivity contribution >= 4 is 40.0 Å². The third-order valence-electron chi connectivity index (χ3n) is 8.87. The largest absolute Gasteiger partial charge is 0.481 e. The van der Waals surface area contributed by atoms with Crippen LogP contribution in [0.25, 0.3) is 44.3 Å². The predicted octanol–water partition coefficient (Wildman–Crippen LogP) is 7.45. The fourth-order valence-corrected chi connectivity index (χ4v) is 7.99. The standard InChI is InChI=1S/C34H33ClN4O3S/c1-19-23(24-7-5-9-26(20(24)2)33-37-28-11-12-38(3)18-30(28)43-33)6-4-8-25(19)32-36-29-15-21(14-27(35)31(29)42-32)16-39-13-10-22(17-39)34(40)41/h4-9,14-15,22H,10-13,16-18H2,1-3H3,(H,40,41)/t22-/m1/s1. The molecule has 0 bridgehead atoms. The Kier molecular flexibility index (Phi) is 7.33. The summed E-state index contributed by atoms with van der Waals surface area (Å²) in [7, 11) is 2.17. The fraction of sp³-hybridized carbons (Fsp3) is 0.324. The van der Waals surface area contributed by atoms with E-state index in [9.17, 15) is 9.90 Å². The highest BCUT2D eigenvalue weighted by Crippen LogP contribution is 2.40. The summed E-state index contributed by atoms with van der Waals surface area (Å²) in [4.78, 5) is 27.2. The van der Waals surface area contributed by atoms with Gasteiger partial charge in [-0.25, -0.2) is 9.97 Å². The van der Waals surface area contributed by atoms with E-state index in [1.54, 1.807) is 0 Å². The lowest BCUT2D eigenvalue weighted by Gasteiger charge is -2.20. The summed E-state index contributed by atoms with van der Waals surface area (Å²) in [6.45, 7) is 8.24. The lowest BCUT2D eigenvalue weighted by atomic mass is 9.91. The van der Waals surface area contributed by atoms with Gasteiger partial charge in [-0.3, -0.25) is 9.69 Å². The third kappa shape index (κ3) is 5.27. The number of carboxylic acid groups (broad SMARTS) is 1. The van der Waals surface area contributed by atoms with E-state index in [2.05, 4.69) is 61.0 Å². The molecule has 7 rings (SSSR count). The molecule has 220 valence electrons. The van der Waals surface area contributed by atoms with Crippen LogP contribution in [0.15, 0.2) is 52.9 Å². The summed E-state index contributed by atoms with van der Waals surface area (Å²) < 4.78 is 6.26. The van der Waals surface area contributed by atoms with Gasteiger partial charge in [0.2, 0.25) is 5.89 Å². The van der Waals surface area contributed by atoms with Gasteiger partial charge < -0.3 is 14.4 Å². The molecule has 3 aromatic carbocycles. The molecule has 43 heavy (non-hydrogen) atoms. The van der Waals surface area contributed by atoms with Gasteiger partial charge in [0.25, 0.3) is 0 Å². The van der Waals surface area contributed by atoms with Crippen molar-refractivity contribution in [1.82, 2.24) is 19.8 Å². The van der Waals surface area contributed by atoms with Crippen molar-refractivity contribution in [3.8, 4) is 33.2 Å². The molecule has 1 N–H and O–H groups in total. The van der Waals surface area contributed by atoms with Crippen molar-refractivity contribution in [1.29, 1.82) is 0 Å². The Balaban J connectivity index is 1.21. The van der Waals surface area contributed by atoms with Crippen molar-refractivity contribution in [2.24, 2.45) is 5.92 Å². The van der Waals surface area contributed by atoms with Crippen LogP contribution in [0.3, 0.4) is 0 Å². The number of carbonyl (C=O) groups is 1. The highest BCUT2D eigenvalue weighted by Gasteiger charge is 2.28. The van der Waals surface area contributed by atoms with Crippen molar-refractivity contribution < 1.29 is 14.3 Å². The van der Waals surface area contributed by atoms with Crippen LogP contribution in [0.5, 0.6) is 0 Å². The number of likely N-dealkylation sites (tertiary alicyclic amines) is 1. The molecule has 2 aromatic heterocycles. The molecule has 7 nitrogen and oxygen atoms in total. The molecule has 0 amide bonds. The van der Waals surface area contributed by atoms with E-state index < -0.39 is 5.97 Å². The second kappa shape index (κ2) is 11.2. The average Bonchev–Trinajstić information content (AvgIpc) is 3.72. The van der Waals surface area contributed by atoms with Gasteiger partial charge in [-0.2, -0.15) is 0 Å². The maximum atomic E-state index is 11.4. The quantitative estimate of drug-likeness (QED) is 0.213. The minimum absolute atomic E-state index is 0.314. The van der Waals surface area contributed by atoms with Gasteiger partial charge in [0, 0.05) is 48.6 Å². The molecule has 4 heterocycles. The van der Waals surface area contributed by atoms with Gasteiger partial charge in [0.05, 0.1) is 16.6 Å². The Morgan fingerprint density at radius 2 is 1.77 bits per heavy atom. The van der Waals surface area contributed by atoms with Crippen molar-refractivity contribution in [2.75, 3.05) is 26.7 Å². The Morgan fingerprint density at radius 1 is 1.05 bits per heavy atom. The van der Waals surface area contributed by atoms with Gasteiger partial charge in [0.15, 0.2) is 5.58 Å². The molecule has 9 heteroatoms. The molecule has 1 fully saturated rings. The number of benzene rings is 3. The molecule has 0 unspecified atom stereocenters. The number of halogens is 1. The molecule has 5 aromatic rings. The van der Waals surface area contributed by atoms with E-state index in [0.717, 1.165) is 53.3 Å². The molecule has 1 atom stereocenters. The van der Waals surface area contributed by atoms with Crippen LogP contribution in [0.4, 0.5) is 0 Å². The number of nitrogens with zero attached hydrogens (tertiary/aromatic N) is 4. The number of aromatic nitrogens is 2. The van der Waals surface area contributed by atoms with E-state index in [1.807, 2.05) is 29.5 Å². The zero-order chi connectivity index (χ0) is 29.8. The summed E-state index contributed by atoms with van der Waals surface area (Å²) in [6.07, 6.45) is 1.67. The van der Waals surface area contributed by atoms with Gasteiger partial charge in [-0.15, -0.1) is 11.3 Å². The molecule has 0 radical (unpaired) electrons. The van der Waals surface area contributed by atoms with Gasteiger partial charge in [-0.05, 0) is 79.9 Å². The lowest BCUT2D eigenvalue weighted by Crippen LogP contribution is -2.25. The maximum Gasteiger partial charge on any atom is 0.307 e. The van der Waals surface area contributed by atoms with Crippen LogP contribution in [0, 0.1) is 19.8 Å². The molecular formula is C34H33ClN4O3S. The number of likely N-dealkylation sites (N-methyl/N-ethyl adjacent to an activating group) is 1. The number of hydrogen-bond acceptors (Lipinski definition) is 7. The van der Waals surface area contributed by atoms with Crippen LogP contribution in [0.1, 0.15) is 33.7 Å². The van der Waals surface area contributed by atoms with Gasteiger partial charge in [-0.1, -0.05) is 41.9 Å². The Hall–Kier alpha value is -3.56. The third-order valence-corrected chi connectivity index (χ3v) is 10.3. The predicted molar refractivity (Wildman–Crippen MR) is 172 cm³/mol. The minimum atomic E-state index is -0.730. The zero-order valence-corrected chi connectivity index (χ0v) is 26.1. The zero-order valence-electron chi connectivity index (χ0n) is 24.5. The van der Waals surface area contributed by atoms with Gasteiger partial charge in [0.1, 0.15) is 10.5 Å². The monoisotopic (exact) mass is 612 g/mol. The number of carboxylic acids is 1. The topological polar surface area (TPSA) is 82.7 Å². The summed E-state index contributed by atoms with van der Waals surface area (Å²) in [6, 6.07) is 16.6. The van der Waals surface area contributed by atoms with Crippen molar-refractivity contribution in [3.05, 3.63) is 80.8 Å². The van der Waals surface area contributed by atoms with E-state index in [1.165, 1.54) is 27.3 Å². The second-order valence-electron chi connectivity index (χ2n) is 11.8. The average molecular weight is 613 g/mol. The molecule has 0 spiro atoms. The molecule has 0 aliphatic carbocycles. The maximum absolute atomic E-state index is 11.4. The molecule has 0 saturated carbocycles.